The third-order valence-electron chi connectivity index (χ3n) is 3.25. The Morgan fingerprint density at radius 2 is 2.31 bits per heavy atom. The van der Waals surface area contributed by atoms with Crippen LogP contribution in [-0.4, -0.2) is 47.8 Å². The third kappa shape index (κ3) is 3.76. The lowest BCUT2D eigenvalue weighted by atomic mass is 10.1. The van der Waals surface area contributed by atoms with Crippen molar-refractivity contribution in [3.63, 3.8) is 0 Å². The van der Waals surface area contributed by atoms with Crippen molar-refractivity contribution in [2.24, 2.45) is 0 Å². The average Bonchev–Trinajstić information content (AvgIpc) is 2.29. The van der Waals surface area contributed by atoms with Gasteiger partial charge in [0.1, 0.15) is 6.04 Å². The quantitative estimate of drug-likeness (QED) is 0.705. The van der Waals surface area contributed by atoms with E-state index < -0.39 is 12.0 Å². The number of nitrogens with zero attached hydrogens (tertiary/aromatic N) is 1. The van der Waals surface area contributed by atoms with Crippen molar-refractivity contribution < 1.29 is 14.6 Å². The minimum Gasteiger partial charge on any atom is -0.480 e. The standard InChI is InChI=1S/C12H23NO3/c1-3-4-5-6-10(2)13-7-8-16-9-11(13)12(14)15/h10-11H,3-9H2,1-2H3,(H,14,15). The molecular formula is C12H23NO3. The maximum Gasteiger partial charge on any atom is 0.323 e. The van der Waals surface area contributed by atoms with Crippen molar-refractivity contribution in [3.8, 4) is 0 Å². The summed E-state index contributed by atoms with van der Waals surface area (Å²) in [5, 5.41) is 9.11. The normalized spacial score (nSPS) is 24.2. The molecule has 1 heterocycles. The first-order valence-corrected chi connectivity index (χ1v) is 6.23. The Morgan fingerprint density at radius 3 is 2.94 bits per heavy atom. The zero-order valence-electron chi connectivity index (χ0n) is 10.3. The van der Waals surface area contributed by atoms with Crippen molar-refractivity contribution in [3.05, 3.63) is 0 Å². The first-order valence-electron chi connectivity index (χ1n) is 6.23. The molecular weight excluding hydrogens is 206 g/mol. The van der Waals surface area contributed by atoms with Gasteiger partial charge in [-0.3, -0.25) is 9.69 Å². The van der Waals surface area contributed by atoms with Crippen LogP contribution in [0.5, 0.6) is 0 Å². The van der Waals surface area contributed by atoms with E-state index in [4.69, 9.17) is 9.84 Å². The molecule has 1 rings (SSSR count). The van der Waals surface area contributed by atoms with Crippen LogP contribution in [0.15, 0.2) is 0 Å². The highest BCUT2D eigenvalue weighted by atomic mass is 16.5. The van der Waals surface area contributed by atoms with E-state index in [2.05, 4.69) is 18.7 Å². The molecule has 0 aromatic heterocycles. The molecule has 0 aromatic carbocycles. The van der Waals surface area contributed by atoms with Gasteiger partial charge in [-0.15, -0.1) is 0 Å². The van der Waals surface area contributed by atoms with E-state index in [1.54, 1.807) is 0 Å². The number of morpholine rings is 1. The molecule has 0 amide bonds. The van der Waals surface area contributed by atoms with Gasteiger partial charge in [0.25, 0.3) is 0 Å². The van der Waals surface area contributed by atoms with Gasteiger partial charge in [0.2, 0.25) is 0 Å². The van der Waals surface area contributed by atoms with E-state index in [1.807, 2.05) is 0 Å². The average molecular weight is 229 g/mol. The number of hydrogen-bond donors (Lipinski definition) is 1. The second kappa shape index (κ2) is 6.86. The lowest BCUT2D eigenvalue weighted by Crippen LogP contribution is -2.53. The molecule has 16 heavy (non-hydrogen) atoms. The van der Waals surface area contributed by atoms with Crippen LogP contribution in [0.2, 0.25) is 0 Å². The molecule has 0 spiro atoms. The maximum absolute atomic E-state index is 11.1. The Balaban J connectivity index is 2.43. The van der Waals surface area contributed by atoms with Crippen molar-refractivity contribution in [1.82, 2.24) is 4.90 Å². The van der Waals surface area contributed by atoms with Crippen LogP contribution in [0.1, 0.15) is 39.5 Å². The molecule has 2 unspecified atom stereocenters. The van der Waals surface area contributed by atoms with Crippen molar-refractivity contribution in [2.75, 3.05) is 19.8 Å². The highest BCUT2D eigenvalue weighted by Gasteiger charge is 2.31. The number of carboxylic acids is 1. The maximum atomic E-state index is 11.1. The summed E-state index contributed by atoms with van der Waals surface area (Å²) in [6.45, 7) is 6.02. The molecule has 0 saturated carbocycles. The Kier molecular flexibility index (Phi) is 5.77. The van der Waals surface area contributed by atoms with Crippen molar-refractivity contribution >= 4 is 5.97 Å². The summed E-state index contributed by atoms with van der Waals surface area (Å²) in [4.78, 5) is 13.1. The molecule has 1 aliphatic heterocycles. The largest absolute Gasteiger partial charge is 0.480 e. The number of unbranched alkanes of at least 4 members (excludes halogenated alkanes) is 2. The monoisotopic (exact) mass is 229 g/mol. The van der Waals surface area contributed by atoms with Crippen LogP contribution >= 0.6 is 0 Å². The second-order valence-electron chi connectivity index (χ2n) is 4.51. The zero-order chi connectivity index (χ0) is 12.0. The third-order valence-corrected chi connectivity index (χ3v) is 3.25. The first-order chi connectivity index (χ1) is 7.66. The summed E-state index contributed by atoms with van der Waals surface area (Å²) < 4.78 is 5.23. The molecule has 4 nitrogen and oxygen atoms in total. The van der Waals surface area contributed by atoms with Crippen LogP contribution in [-0.2, 0) is 9.53 Å². The molecule has 0 radical (unpaired) electrons. The fourth-order valence-electron chi connectivity index (χ4n) is 2.21. The highest BCUT2D eigenvalue weighted by molar-refractivity contribution is 5.73. The Bertz CT molecular complexity index is 220. The summed E-state index contributed by atoms with van der Waals surface area (Å²) in [5.74, 6) is -0.762. The Morgan fingerprint density at radius 1 is 1.56 bits per heavy atom. The summed E-state index contributed by atoms with van der Waals surface area (Å²) in [7, 11) is 0. The molecule has 2 atom stereocenters. The van der Waals surface area contributed by atoms with Crippen LogP contribution in [0, 0.1) is 0 Å². The van der Waals surface area contributed by atoms with Gasteiger partial charge in [-0.1, -0.05) is 26.2 Å². The van der Waals surface area contributed by atoms with Crippen LogP contribution in [0.4, 0.5) is 0 Å². The first kappa shape index (κ1) is 13.5. The van der Waals surface area contributed by atoms with Gasteiger partial charge in [0.05, 0.1) is 13.2 Å². The SMILES string of the molecule is CCCCCC(C)N1CCOCC1C(=O)O. The second-order valence-corrected chi connectivity index (χ2v) is 4.51. The van der Waals surface area contributed by atoms with Crippen molar-refractivity contribution in [2.45, 2.75) is 51.6 Å². The van der Waals surface area contributed by atoms with E-state index in [0.717, 1.165) is 13.0 Å². The van der Waals surface area contributed by atoms with Crippen LogP contribution in [0.25, 0.3) is 0 Å². The number of aliphatic carboxylic acids is 1. The molecule has 0 aliphatic carbocycles. The van der Waals surface area contributed by atoms with Gasteiger partial charge < -0.3 is 9.84 Å². The smallest absolute Gasteiger partial charge is 0.323 e. The van der Waals surface area contributed by atoms with Gasteiger partial charge in [0, 0.05) is 12.6 Å². The number of ether oxygens (including phenoxy) is 1. The molecule has 0 aromatic rings. The van der Waals surface area contributed by atoms with Crippen molar-refractivity contribution in [1.29, 1.82) is 0 Å². The zero-order valence-corrected chi connectivity index (χ0v) is 10.3. The van der Waals surface area contributed by atoms with Gasteiger partial charge in [0.15, 0.2) is 0 Å². The van der Waals surface area contributed by atoms with Gasteiger partial charge in [-0.25, -0.2) is 0 Å². The van der Waals surface area contributed by atoms with E-state index in [0.29, 0.717) is 19.3 Å². The number of rotatable bonds is 6. The molecule has 94 valence electrons. The van der Waals surface area contributed by atoms with E-state index in [9.17, 15) is 4.79 Å². The fourth-order valence-corrected chi connectivity index (χ4v) is 2.21. The summed E-state index contributed by atoms with van der Waals surface area (Å²) in [6, 6.07) is -0.109. The molecule has 1 fully saturated rings. The number of carboxylic acid groups (broad SMARTS) is 1. The topological polar surface area (TPSA) is 49.8 Å². The number of carbonyl (C=O) groups is 1. The lowest BCUT2D eigenvalue weighted by Gasteiger charge is -2.37. The predicted octanol–water partition coefficient (Wildman–Crippen LogP) is 1.74. The lowest BCUT2D eigenvalue weighted by molar-refractivity contribution is -0.151. The van der Waals surface area contributed by atoms with E-state index in [1.165, 1.54) is 19.3 Å². The minimum absolute atomic E-state index is 0.327. The van der Waals surface area contributed by atoms with Crippen LogP contribution < -0.4 is 0 Å². The Hall–Kier alpha value is -0.610. The minimum atomic E-state index is -0.762. The highest BCUT2D eigenvalue weighted by Crippen LogP contribution is 2.16. The summed E-state index contributed by atoms with van der Waals surface area (Å²) >= 11 is 0. The van der Waals surface area contributed by atoms with Crippen LogP contribution in [0.3, 0.4) is 0 Å². The summed E-state index contributed by atoms with van der Waals surface area (Å²) in [6.07, 6.45) is 4.70. The number of hydrogen-bond acceptors (Lipinski definition) is 3. The van der Waals surface area contributed by atoms with E-state index >= 15 is 0 Å². The van der Waals surface area contributed by atoms with E-state index in [-0.39, 0.29) is 0 Å². The molecule has 0 bridgehead atoms. The van der Waals surface area contributed by atoms with Gasteiger partial charge in [-0.2, -0.15) is 0 Å². The Labute approximate surface area is 97.6 Å². The fraction of sp³-hybridized carbons (Fsp3) is 0.917. The molecule has 1 saturated heterocycles. The van der Waals surface area contributed by atoms with Gasteiger partial charge >= 0.3 is 5.97 Å². The molecule has 1 N–H and O–H groups in total. The molecule has 1 aliphatic rings. The van der Waals surface area contributed by atoms with Gasteiger partial charge in [-0.05, 0) is 13.3 Å². The molecule has 4 heteroatoms. The predicted molar refractivity (Wildman–Crippen MR) is 62.6 cm³/mol. The summed E-state index contributed by atoms with van der Waals surface area (Å²) in [5.41, 5.74) is 0.